The molecule has 0 saturated heterocycles. The summed E-state index contributed by atoms with van der Waals surface area (Å²) in [5, 5.41) is 11.4. The highest BCUT2D eigenvalue weighted by molar-refractivity contribution is 7.10. The van der Waals surface area contributed by atoms with Crippen LogP contribution in [0.3, 0.4) is 0 Å². The van der Waals surface area contributed by atoms with Crippen molar-refractivity contribution in [1.82, 2.24) is 9.38 Å². The number of carboxylic acid groups (broad SMARTS) is 1. The molecule has 0 aliphatic heterocycles. The molecule has 3 heterocycles. The van der Waals surface area contributed by atoms with E-state index in [0.29, 0.717) is 5.65 Å². The van der Waals surface area contributed by atoms with Gasteiger partial charge in [0.1, 0.15) is 11.3 Å². The maximum absolute atomic E-state index is 11.3. The zero-order valence-electron chi connectivity index (χ0n) is 9.96. The standard InChI is InChI=1S/C14H10N2O2S/c17-14(18)10-2-1-3-12-15-13-8-6-7-19-11(8)5-4-9(13)16(10)12/h1-3,6-7H,4-5H2,(H,17,18). The van der Waals surface area contributed by atoms with Gasteiger partial charge in [-0.1, -0.05) is 6.07 Å². The number of aryl methyl sites for hydroxylation is 2. The van der Waals surface area contributed by atoms with Crippen molar-refractivity contribution in [2.75, 3.05) is 0 Å². The van der Waals surface area contributed by atoms with E-state index in [1.165, 1.54) is 4.88 Å². The molecule has 0 amide bonds. The van der Waals surface area contributed by atoms with Gasteiger partial charge in [0.05, 0.1) is 11.4 Å². The lowest BCUT2D eigenvalue weighted by molar-refractivity contribution is 0.0688. The summed E-state index contributed by atoms with van der Waals surface area (Å²) in [7, 11) is 0. The average Bonchev–Trinajstić information content (AvgIpc) is 3.01. The molecule has 0 unspecified atom stereocenters. The zero-order chi connectivity index (χ0) is 13.0. The predicted molar refractivity (Wildman–Crippen MR) is 72.9 cm³/mol. The van der Waals surface area contributed by atoms with E-state index in [-0.39, 0.29) is 5.69 Å². The van der Waals surface area contributed by atoms with E-state index >= 15 is 0 Å². The first kappa shape index (κ1) is 10.8. The Morgan fingerprint density at radius 1 is 1.32 bits per heavy atom. The van der Waals surface area contributed by atoms with Crippen LogP contribution in [0.4, 0.5) is 0 Å². The van der Waals surface area contributed by atoms with Crippen molar-refractivity contribution < 1.29 is 9.90 Å². The fraction of sp³-hybridized carbons (Fsp3) is 0.143. The van der Waals surface area contributed by atoms with E-state index < -0.39 is 5.97 Å². The summed E-state index contributed by atoms with van der Waals surface area (Å²) in [5.74, 6) is -0.915. The van der Waals surface area contributed by atoms with Crippen LogP contribution < -0.4 is 0 Å². The third kappa shape index (κ3) is 1.39. The number of aromatic carboxylic acids is 1. The van der Waals surface area contributed by atoms with Crippen molar-refractivity contribution in [3.8, 4) is 11.3 Å². The summed E-state index contributed by atoms with van der Waals surface area (Å²) in [6.07, 6.45) is 1.80. The highest BCUT2D eigenvalue weighted by Gasteiger charge is 2.24. The summed E-state index contributed by atoms with van der Waals surface area (Å²) >= 11 is 1.74. The number of imidazole rings is 1. The van der Waals surface area contributed by atoms with Crippen molar-refractivity contribution >= 4 is 23.0 Å². The molecule has 1 N–H and O–H groups in total. The maximum atomic E-state index is 11.3. The summed E-state index contributed by atoms with van der Waals surface area (Å²) in [4.78, 5) is 17.3. The first-order valence-corrected chi connectivity index (χ1v) is 6.94. The van der Waals surface area contributed by atoms with Crippen molar-refractivity contribution in [1.29, 1.82) is 0 Å². The van der Waals surface area contributed by atoms with Crippen molar-refractivity contribution in [2.45, 2.75) is 12.8 Å². The fourth-order valence-electron chi connectivity index (χ4n) is 2.74. The number of nitrogens with zero attached hydrogens (tertiary/aromatic N) is 2. The molecular formula is C14H10N2O2S. The zero-order valence-corrected chi connectivity index (χ0v) is 10.8. The molecule has 0 spiro atoms. The first-order chi connectivity index (χ1) is 9.25. The van der Waals surface area contributed by atoms with Crippen LogP contribution in [0, 0.1) is 0 Å². The Morgan fingerprint density at radius 3 is 3.05 bits per heavy atom. The van der Waals surface area contributed by atoms with Crippen LogP contribution in [0.5, 0.6) is 0 Å². The summed E-state index contributed by atoms with van der Waals surface area (Å²) in [6, 6.07) is 7.30. The third-order valence-electron chi connectivity index (χ3n) is 3.55. The highest BCUT2D eigenvalue weighted by atomic mass is 32.1. The first-order valence-electron chi connectivity index (χ1n) is 6.06. The molecule has 1 aliphatic rings. The number of rotatable bonds is 1. The Hall–Kier alpha value is -2.14. The second-order valence-corrected chi connectivity index (χ2v) is 5.58. The monoisotopic (exact) mass is 270 g/mol. The van der Waals surface area contributed by atoms with Crippen LogP contribution >= 0.6 is 11.3 Å². The van der Waals surface area contributed by atoms with E-state index in [0.717, 1.165) is 29.8 Å². The Kier molecular flexibility index (Phi) is 2.08. The largest absolute Gasteiger partial charge is 0.477 e. The van der Waals surface area contributed by atoms with Gasteiger partial charge in [-0.25, -0.2) is 9.78 Å². The molecule has 0 saturated carbocycles. The van der Waals surface area contributed by atoms with E-state index in [1.54, 1.807) is 27.9 Å². The predicted octanol–water partition coefficient (Wildman–Crippen LogP) is 2.86. The molecule has 0 atom stereocenters. The van der Waals surface area contributed by atoms with Crippen LogP contribution in [0.1, 0.15) is 21.1 Å². The molecule has 0 bridgehead atoms. The Morgan fingerprint density at radius 2 is 2.21 bits per heavy atom. The number of thiophene rings is 1. The highest BCUT2D eigenvalue weighted by Crippen LogP contribution is 2.36. The molecule has 94 valence electrons. The molecule has 1 aliphatic carbocycles. The lowest BCUT2D eigenvalue weighted by Crippen LogP contribution is -2.09. The smallest absolute Gasteiger partial charge is 0.352 e. The lowest BCUT2D eigenvalue weighted by Gasteiger charge is -2.12. The molecule has 0 aromatic carbocycles. The van der Waals surface area contributed by atoms with Crippen LogP contribution in [0.15, 0.2) is 29.6 Å². The fourth-order valence-corrected chi connectivity index (χ4v) is 3.62. The van der Waals surface area contributed by atoms with Gasteiger partial charge < -0.3 is 5.11 Å². The summed E-state index contributed by atoms with van der Waals surface area (Å²) in [5.41, 5.74) is 4.11. The number of fused-ring (bicyclic) bond motifs is 5. The van der Waals surface area contributed by atoms with E-state index in [2.05, 4.69) is 16.4 Å². The Balaban J connectivity index is 2.11. The number of hydrogen-bond acceptors (Lipinski definition) is 3. The quantitative estimate of drug-likeness (QED) is 0.739. The van der Waals surface area contributed by atoms with Gasteiger partial charge in [-0.3, -0.25) is 4.40 Å². The van der Waals surface area contributed by atoms with E-state index in [1.807, 2.05) is 6.07 Å². The van der Waals surface area contributed by atoms with Crippen molar-refractivity contribution in [2.24, 2.45) is 0 Å². The van der Waals surface area contributed by atoms with Gasteiger partial charge in [0.2, 0.25) is 0 Å². The number of aromatic nitrogens is 2. The lowest BCUT2D eigenvalue weighted by atomic mass is 10.00. The van der Waals surface area contributed by atoms with Crippen LogP contribution in [0.2, 0.25) is 0 Å². The topological polar surface area (TPSA) is 54.6 Å². The number of pyridine rings is 1. The van der Waals surface area contributed by atoms with Gasteiger partial charge in [-0.15, -0.1) is 11.3 Å². The number of carboxylic acids is 1. The SMILES string of the molecule is O=C(O)c1cccc2nc3c(n12)CCc1sccc1-3. The van der Waals surface area contributed by atoms with Crippen LogP contribution in [-0.2, 0) is 12.8 Å². The molecular weight excluding hydrogens is 260 g/mol. The molecule has 4 nitrogen and oxygen atoms in total. The molecule has 4 rings (SSSR count). The van der Waals surface area contributed by atoms with Gasteiger partial charge in [0, 0.05) is 10.4 Å². The maximum Gasteiger partial charge on any atom is 0.352 e. The minimum absolute atomic E-state index is 0.282. The minimum atomic E-state index is -0.915. The van der Waals surface area contributed by atoms with Gasteiger partial charge >= 0.3 is 5.97 Å². The van der Waals surface area contributed by atoms with Gasteiger partial charge in [-0.05, 0) is 36.4 Å². The average molecular weight is 270 g/mol. The molecule has 0 fully saturated rings. The van der Waals surface area contributed by atoms with Crippen LogP contribution in [0.25, 0.3) is 16.9 Å². The summed E-state index contributed by atoms with van der Waals surface area (Å²) < 4.78 is 1.78. The molecule has 0 radical (unpaired) electrons. The number of hydrogen-bond donors (Lipinski definition) is 1. The van der Waals surface area contributed by atoms with Crippen LogP contribution in [-0.4, -0.2) is 20.5 Å². The van der Waals surface area contributed by atoms with E-state index in [4.69, 9.17) is 0 Å². The third-order valence-corrected chi connectivity index (χ3v) is 4.53. The van der Waals surface area contributed by atoms with E-state index in [9.17, 15) is 9.90 Å². The second-order valence-electron chi connectivity index (χ2n) is 4.57. The molecule has 5 heteroatoms. The minimum Gasteiger partial charge on any atom is -0.477 e. The number of carbonyl (C=O) groups is 1. The van der Waals surface area contributed by atoms with Gasteiger partial charge in [0.25, 0.3) is 0 Å². The Labute approximate surface area is 113 Å². The van der Waals surface area contributed by atoms with Crippen molar-refractivity contribution in [3.05, 3.63) is 45.9 Å². The summed E-state index contributed by atoms with van der Waals surface area (Å²) in [6.45, 7) is 0. The second kappa shape index (κ2) is 3.68. The Bertz CT molecular complexity index is 816. The van der Waals surface area contributed by atoms with Crippen molar-refractivity contribution in [3.63, 3.8) is 0 Å². The normalized spacial score (nSPS) is 13.3. The molecule has 3 aromatic rings. The van der Waals surface area contributed by atoms with Gasteiger partial charge in [0.15, 0.2) is 0 Å². The van der Waals surface area contributed by atoms with Gasteiger partial charge in [-0.2, -0.15) is 0 Å². The molecule has 19 heavy (non-hydrogen) atoms. The molecule has 3 aromatic heterocycles.